The summed E-state index contributed by atoms with van der Waals surface area (Å²) in [5.41, 5.74) is 0.713. The van der Waals surface area contributed by atoms with Gasteiger partial charge in [0, 0.05) is 31.0 Å². The molecule has 0 aliphatic carbocycles. The van der Waals surface area contributed by atoms with Crippen LogP contribution in [0.25, 0.3) is 0 Å². The zero-order valence-corrected chi connectivity index (χ0v) is 15.8. The average Bonchev–Trinajstić information content (AvgIpc) is 3.12. The number of rotatable bonds is 6. The van der Waals surface area contributed by atoms with Crippen molar-refractivity contribution in [2.45, 2.75) is 46.0 Å². The lowest BCUT2D eigenvalue weighted by Gasteiger charge is -2.31. The zero-order chi connectivity index (χ0) is 18.5. The molecule has 0 N–H and O–H groups in total. The SMILES string of the molecule is CCOc1ccc(C(=O)N2CCC(Cc3nc(C(C)C)no3)CC2)cc1. The molecule has 1 aliphatic rings. The highest BCUT2D eigenvalue weighted by Gasteiger charge is 2.25. The molecule has 6 heteroatoms. The third-order valence-electron chi connectivity index (χ3n) is 4.78. The van der Waals surface area contributed by atoms with Gasteiger partial charge in [0.2, 0.25) is 5.89 Å². The highest BCUT2D eigenvalue weighted by molar-refractivity contribution is 5.94. The molecule has 1 aliphatic heterocycles. The van der Waals surface area contributed by atoms with Crippen LogP contribution in [-0.4, -0.2) is 40.6 Å². The van der Waals surface area contributed by atoms with Gasteiger partial charge in [0.1, 0.15) is 5.75 Å². The first kappa shape index (κ1) is 18.4. The maximum absolute atomic E-state index is 12.7. The van der Waals surface area contributed by atoms with Crippen LogP contribution >= 0.6 is 0 Å². The number of benzene rings is 1. The Labute approximate surface area is 154 Å². The Hall–Kier alpha value is -2.37. The van der Waals surface area contributed by atoms with E-state index in [0.29, 0.717) is 24.0 Å². The van der Waals surface area contributed by atoms with E-state index in [-0.39, 0.29) is 11.8 Å². The molecular formula is C20H27N3O3. The Bertz CT molecular complexity index is 716. The van der Waals surface area contributed by atoms with Crippen LogP contribution < -0.4 is 4.74 Å². The molecule has 1 fully saturated rings. The Balaban J connectivity index is 1.51. The van der Waals surface area contributed by atoms with Crippen LogP contribution in [0, 0.1) is 5.92 Å². The fourth-order valence-corrected chi connectivity index (χ4v) is 3.22. The number of carbonyl (C=O) groups excluding carboxylic acids is 1. The molecular weight excluding hydrogens is 330 g/mol. The lowest BCUT2D eigenvalue weighted by Crippen LogP contribution is -2.38. The van der Waals surface area contributed by atoms with Gasteiger partial charge < -0.3 is 14.2 Å². The van der Waals surface area contributed by atoms with Crippen molar-refractivity contribution < 1.29 is 14.1 Å². The maximum atomic E-state index is 12.7. The van der Waals surface area contributed by atoms with E-state index in [1.54, 1.807) is 0 Å². The summed E-state index contributed by atoms with van der Waals surface area (Å²) in [7, 11) is 0. The van der Waals surface area contributed by atoms with Crippen LogP contribution in [-0.2, 0) is 6.42 Å². The number of carbonyl (C=O) groups is 1. The van der Waals surface area contributed by atoms with E-state index >= 15 is 0 Å². The molecule has 0 unspecified atom stereocenters. The molecule has 0 atom stereocenters. The van der Waals surface area contributed by atoms with Crippen LogP contribution in [0.2, 0.25) is 0 Å². The summed E-state index contributed by atoms with van der Waals surface area (Å²) in [4.78, 5) is 19.0. The van der Waals surface area contributed by atoms with Crippen molar-refractivity contribution in [3.8, 4) is 5.75 Å². The van der Waals surface area contributed by atoms with Crippen molar-refractivity contribution in [1.82, 2.24) is 15.0 Å². The molecule has 1 amide bonds. The van der Waals surface area contributed by atoms with Crippen LogP contribution in [0.1, 0.15) is 61.6 Å². The van der Waals surface area contributed by atoms with Gasteiger partial charge in [0.05, 0.1) is 6.61 Å². The number of piperidine rings is 1. The molecule has 1 aromatic heterocycles. The van der Waals surface area contributed by atoms with Gasteiger partial charge >= 0.3 is 0 Å². The molecule has 0 bridgehead atoms. The summed E-state index contributed by atoms with van der Waals surface area (Å²) in [6, 6.07) is 7.38. The van der Waals surface area contributed by atoms with E-state index in [9.17, 15) is 4.79 Å². The number of hydrogen-bond donors (Lipinski definition) is 0. The molecule has 0 saturated carbocycles. The minimum Gasteiger partial charge on any atom is -0.494 e. The average molecular weight is 357 g/mol. The number of likely N-dealkylation sites (tertiary alicyclic amines) is 1. The predicted molar refractivity (Wildman–Crippen MR) is 98.3 cm³/mol. The van der Waals surface area contributed by atoms with Gasteiger partial charge in [-0.15, -0.1) is 0 Å². The van der Waals surface area contributed by atoms with Gasteiger partial charge in [-0.05, 0) is 49.9 Å². The number of hydrogen-bond acceptors (Lipinski definition) is 5. The lowest BCUT2D eigenvalue weighted by molar-refractivity contribution is 0.0687. The third kappa shape index (κ3) is 4.42. The third-order valence-corrected chi connectivity index (χ3v) is 4.78. The Morgan fingerprint density at radius 3 is 2.54 bits per heavy atom. The van der Waals surface area contributed by atoms with Crippen molar-refractivity contribution in [1.29, 1.82) is 0 Å². The molecule has 0 radical (unpaired) electrons. The first-order valence-electron chi connectivity index (χ1n) is 9.41. The number of ether oxygens (including phenoxy) is 1. The first-order valence-corrected chi connectivity index (χ1v) is 9.41. The normalized spacial score (nSPS) is 15.5. The molecule has 1 saturated heterocycles. The topological polar surface area (TPSA) is 68.5 Å². The summed E-state index contributed by atoms with van der Waals surface area (Å²) in [5, 5.41) is 4.02. The highest BCUT2D eigenvalue weighted by Crippen LogP contribution is 2.23. The van der Waals surface area contributed by atoms with E-state index in [1.165, 1.54) is 0 Å². The number of aromatic nitrogens is 2. The lowest BCUT2D eigenvalue weighted by atomic mass is 9.93. The van der Waals surface area contributed by atoms with Crippen molar-refractivity contribution in [2.75, 3.05) is 19.7 Å². The fraction of sp³-hybridized carbons (Fsp3) is 0.550. The second-order valence-corrected chi connectivity index (χ2v) is 7.10. The largest absolute Gasteiger partial charge is 0.494 e. The van der Waals surface area contributed by atoms with Crippen molar-refractivity contribution in [2.24, 2.45) is 5.92 Å². The van der Waals surface area contributed by atoms with Gasteiger partial charge in [0.15, 0.2) is 5.82 Å². The summed E-state index contributed by atoms with van der Waals surface area (Å²) >= 11 is 0. The molecule has 6 nitrogen and oxygen atoms in total. The summed E-state index contributed by atoms with van der Waals surface area (Å²) in [5.74, 6) is 3.13. The summed E-state index contributed by atoms with van der Waals surface area (Å²) in [6.07, 6.45) is 2.72. The van der Waals surface area contributed by atoms with E-state index in [4.69, 9.17) is 9.26 Å². The predicted octanol–water partition coefficient (Wildman–Crippen LogP) is 3.69. The highest BCUT2D eigenvalue weighted by atomic mass is 16.5. The van der Waals surface area contributed by atoms with Crippen LogP contribution in [0.5, 0.6) is 5.75 Å². The van der Waals surface area contributed by atoms with Crippen molar-refractivity contribution in [3.63, 3.8) is 0 Å². The monoisotopic (exact) mass is 357 g/mol. The molecule has 2 heterocycles. The van der Waals surface area contributed by atoms with Gasteiger partial charge in [-0.1, -0.05) is 19.0 Å². The van der Waals surface area contributed by atoms with E-state index in [2.05, 4.69) is 24.0 Å². The zero-order valence-electron chi connectivity index (χ0n) is 15.8. The fourth-order valence-electron chi connectivity index (χ4n) is 3.22. The van der Waals surface area contributed by atoms with E-state index in [1.807, 2.05) is 36.1 Å². The van der Waals surface area contributed by atoms with Gasteiger partial charge in [-0.2, -0.15) is 4.98 Å². The standard InChI is InChI=1S/C20H27N3O3/c1-4-25-17-7-5-16(6-8-17)20(24)23-11-9-15(10-12-23)13-18-21-19(14(2)3)22-26-18/h5-8,14-15H,4,9-13H2,1-3H3. The summed E-state index contributed by atoms with van der Waals surface area (Å²) in [6.45, 7) is 8.21. The van der Waals surface area contributed by atoms with Gasteiger partial charge in [0.25, 0.3) is 5.91 Å². The van der Waals surface area contributed by atoms with Gasteiger partial charge in [-0.3, -0.25) is 4.79 Å². The molecule has 26 heavy (non-hydrogen) atoms. The minimum absolute atomic E-state index is 0.0892. The first-order chi connectivity index (χ1) is 12.6. The summed E-state index contributed by atoms with van der Waals surface area (Å²) < 4.78 is 10.8. The molecule has 1 aromatic carbocycles. The van der Waals surface area contributed by atoms with E-state index < -0.39 is 0 Å². The molecule has 3 rings (SSSR count). The quantitative estimate of drug-likeness (QED) is 0.789. The molecule has 2 aromatic rings. The molecule has 0 spiro atoms. The van der Waals surface area contributed by atoms with Crippen molar-refractivity contribution in [3.05, 3.63) is 41.5 Å². The van der Waals surface area contributed by atoms with Crippen LogP contribution in [0.3, 0.4) is 0 Å². The number of nitrogens with zero attached hydrogens (tertiary/aromatic N) is 3. The maximum Gasteiger partial charge on any atom is 0.253 e. The number of amides is 1. The molecule has 140 valence electrons. The van der Waals surface area contributed by atoms with Crippen molar-refractivity contribution >= 4 is 5.91 Å². The second kappa shape index (κ2) is 8.34. The Kier molecular flexibility index (Phi) is 5.91. The van der Waals surface area contributed by atoms with Crippen LogP contribution in [0.15, 0.2) is 28.8 Å². The second-order valence-electron chi connectivity index (χ2n) is 7.10. The van der Waals surface area contributed by atoms with Crippen LogP contribution in [0.4, 0.5) is 0 Å². The van der Waals surface area contributed by atoms with E-state index in [0.717, 1.165) is 43.9 Å². The Morgan fingerprint density at radius 2 is 1.96 bits per heavy atom. The van der Waals surface area contributed by atoms with Gasteiger partial charge in [-0.25, -0.2) is 0 Å². The Morgan fingerprint density at radius 1 is 1.27 bits per heavy atom. The smallest absolute Gasteiger partial charge is 0.253 e. The minimum atomic E-state index is 0.0892.